The molecule has 0 bridgehead atoms. The van der Waals surface area contributed by atoms with Gasteiger partial charge in [0.05, 0.1) is 0 Å². The van der Waals surface area contributed by atoms with Crippen molar-refractivity contribution in [3.05, 3.63) is 29.8 Å². The molecule has 2 rings (SSSR count). The fraction of sp³-hybridized carbons (Fsp3) is 0.500. The van der Waals surface area contributed by atoms with Gasteiger partial charge in [0, 0.05) is 19.1 Å². The first-order valence-corrected chi connectivity index (χ1v) is 6.43. The third-order valence-electron chi connectivity index (χ3n) is 3.23. The third kappa shape index (κ3) is 3.23. The Morgan fingerprint density at radius 2 is 1.94 bits per heavy atom. The molecule has 1 aliphatic rings. The maximum atomic E-state index is 11.8. The van der Waals surface area contributed by atoms with Crippen molar-refractivity contribution in [3.63, 3.8) is 0 Å². The van der Waals surface area contributed by atoms with Crippen molar-refractivity contribution in [3.8, 4) is 5.75 Å². The Kier molecular flexibility index (Phi) is 4.20. The average Bonchev–Trinajstić information content (AvgIpc) is 2.90. The lowest BCUT2D eigenvalue weighted by molar-refractivity contribution is -0.132. The van der Waals surface area contributed by atoms with Crippen LogP contribution < -0.4 is 10.5 Å². The highest BCUT2D eigenvalue weighted by molar-refractivity contribution is 5.78. The minimum Gasteiger partial charge on any atom is -0.484 e. The molecule has 1 saturated heterocycles. The van der Waals surface area contributed by atoms with Gasteiger partial charge in [0.1, 0.15) is 5.75 Å². The minimum absolute atomic E-state index is 0.0188. The molecule has 1 atom stereocenters. The Labute approximate surface area is 108 Å². The first-order chi connectivity index (χ1) is 8.66. The molecule has 2 N–H and O–H groups in total. The highest BCUT2D eigenvalue weighted by Crippen LogP contribution is 2.16. The summed E-state index contributed by atoms with van der Waals surface area (Å²) in [6.45, 7) is 3.79. The van der Waals surface area contributed by atoms with Gasteiger partial charge in [0.25, 0.3) is 5.91 Å². The number of carbonyl (C=O) groups is 1. The number of likely N-dealkylation sites (tertiary alicyclic amines) is 1. The first kappa shape index (κ1) is 12.9. The monoisotopic (exact) mass is 248 g/mol. The summed E-state index contributed by atoms with van der Waals surface area (Å²) in [4.78, 5) is 13.6. The Bertz CT molecular complexity index is 395. The number of rotatable bonds is 4. The van der Waals surface area contributed by atoms with E-state index in [4.69, 9.17) is 10.5 Å². The third-order valence-corrected chi connectivity index (χ3v) is 3.23. The van der Waals surface area contributed by atoms with Crippen LogP contribution >= 0.6 is 0 Å². The molecule has 1 aromatic carbocycles. The molecule has 98 valence electrons. The fourth-order valence-electron chi connectivity index (χ4n) is 2.07. The predicted octanol–water partition coefficient (Wildman–Crippen LogP) is 1.71. The van der Waals surface area contributed by atoms with Crippen LogP contribution in [0, 0.1) is 0 Å². The zero-order valence-corrected chi connectivity index (χ0v) is 10.8. The van der Waals surface area contributed by atoms with Gasteiger partial charge < -0.3 is 15.4 Å². The van der Waals surface area contributed by atoms with E-state index in [9.17, 15) is 4.79 Å². The van der Waals surface area contributed by atoms with E-state index in [-0.39, 0.29) is 18.6 Å². The van der Waals surface area contributed by atoms with Gasteiger partial charge in [-0.1, -0.05) is 12.1 Å². The molecule has 1 aromatic rings. The average molecular weight is 248 g/mol. The molecule has 1 amide bonds. The summed E-state index contributed by atoms with van der Waals surface area (Å²) in [7, 11) is 0. The van der Waals surface area contributed by atoms with Crippen LogP contribution in [0.2, 0.25) is 0 Å². The van der Waals surface area contributed by atoms with Gasteiger partial charge in [-0.3, -0.25) is 4.79 Å². The van der Waals surface area contributed by atoms with E-state index in [0.29, 0.717) is 5.75 Å². The van der Waals surface area contributed by atoms with Crippen LogP contribution in [0.25, 0.3) is 0 Å². The molecular weight excluding hydrogens is 228 g/mol. The molecule has 1 heterocycles. The van der Waals surface area contributed by atoms with E-state index < -0.39 is 0 Å². The fourth-order valence-corrected chi connectivity index (χ4v) is 2.07. The molecule has 0 aliphatic carbocycles. The van der Waals surface area contributed by atoms with E-state index >= 15 is 0 Å². The van der Waals surface area contributed by atoms with E-state index in [2.05, 4.69) is 0 Å². The van der Waals surface area contributed by atoms with Crippen LogP contribution in [0.5, 0.6) is 5.75 Å². The zero-order valence-electron chi connectivity index (χ0n) is 10.8. The van der Waals surface area contributed by atoms with Crippen LogP contribution in [0.4, 0.5) is 0 Å². The van der Waals surface area contributed by atoms with Gasteiger partial charge in [0.15, 0.2) is 6.61 Å². The summed E-state index contributed by atoms with van der Waals surface area (Å²) < 4.78 is 5.48. The summed E-state index contributed by atoms with van der Waals surface area (Å²) in [5, 5.41) is 0. The minimum atomic E-state index is 0.0188. The molecule has 1 unspecified atom stereocenters. The molecule has 1 fully saturated rings. The van der Waals surface area contributed by atoms with Crippen molar-refractivity contribution in [2.45, 2.75) is 25.8 Å². The second-order valence-electron chi connectivity index (χ2n) is 4.73. The van der Waals surface area contributed by atoms with Crippen molar-refractivity contribution in [2.75, 3.05) is 19.7 Å². The summed E-state index contributed by atoms with van der Waals surface area (Å²) in [6.07, 6.45) is 2.21. The van der Waals surface area contributed by atoms with Gasteiger partial charge in [-0.05, 0) is 37.5 Å². The van der Waals surface area contributed by atoms with Gasteiger partial charge in [-0.2, -0.15) is 0 Å². The Hall–Kier alpha value is -1.55. The number of nitrogens with zero attached hydrogens (tertiary/aromatic N) is 1. The summed E-state index contributed by atoms with van der Waals surface area (Å²) in [6, 6.07) is 7.59. The van der Waals surface area contributed by atoms with Crippen molar-refractivity contribution >= 4 is 5.91 Å². The lowest BCUT2D eigenvalue weighted by atomic mass is 10.1. The van der Waals surface area contributed by atoms with Crippen molar-refractivity contribution in [1.82, 2.24) is 4.90 Å². The van der Waals surface area contributed by atoms with E-state index in [0.717, 1.165) is 31.5 Å². The van der Waals surface area contributed by atoms with Crippen molar-refractivity contribution in [1.29, 1.82) is 0 Å². The smallest absolute Gasteiger partial charge is 0.260 e. The molecule has 4 nitrogen and oxygen atoms in total. The normalized spacial score (nSPS) is 16.7. The molecule has 4 heteroatoms. The largest absolute Gasteiger partial charge is 0.484 e. The SMILES string of the molecule is CC(N)c1ccc(OCC(=O)N2CCCC2)cc1. The van der Waals surface area contributed by atoms with Gasteiger partial charge in [-0.15, -0.1) is 0 Å². The lowest BCUT2D eigenvalue weighted by Crippen LogP contribution is -2.32. The second-order valence-corrected chi connectivity index (χ2v) is 4.73. The Balaban J connectivity index is 1.84. The lowest BCUT2D eigenvalue weighted by Gasteiger charge is -2.15. The van der Waals surface area contributed by atoms with E-state index in [1.54, 1.807) is 0 Å². The predicted molar refractivity (Wildman–Crippen MR) is 70.4 cm³/mol. The molecule has 0 radical (unpaired) electrons. The van der Waals surface area contributed by atoms with Crippen molar-refractivity contribution < 1.29 is 9.53 Å². The number of amides is 1. The van der Waals surface area contributed by atoms with Crippen LogP contribution in [0.3, 0.4) is 0 Å². The number of ether oxygens (including phenoxy) is 1. The highest BCUT2D eigenvalue weighted by Gasteiger charge is 2.17. The van der Waals surface area contributed by atoms with Gasteiger partial charge in [-0.25, -0.2) is 0 Å². The van der Waals surface area contributed by atoms with Gasteiger partial charge >= 0.3 is 0 Å². The molecule has 0 saturated carbocycles. The molecule has 0 spiro atoms. The van der Waals surface area contributed by atoms with Crippen molar-refractivity contribution in [2.24, 2.45) is 5.73 Å². The number of nitrogens with two attached hydrogens (primary N) is 1. The maximum absolute atomic E-state index is 11.8. The second kappa shape index (κ2) is 5.87. The van der Waals surface area contributed by atoms with Crippen LogP contribution in [-0.2, 0) is 4.79 Å². The number of carbonyl (C=O) groups excluding carboxylic acids is 1. The van der Waals surface area contributed by atoms with Gasteiger partial charge in [0.2, 0.25) is 0 Å². The molecule has 1 aliphatic heterocycles. The topological polar surface area (TPSA) is 55.6 Å². The molecule has 0 aromatic heterocycles. The molecule has 18 heavy (non-hydrogen) atoms. The quantitative estimate of drug-likeness (QED) is 0.882. The van der Waals surface area contributed by atoms with Crippen LogP contribution in [0.1, 0.15) is 31.4 Å². The Morgan fingerprint density at radius 3 is 2.50 bits per heavy atom. The molecular formula is C14H20N2O2. The highest BCUT2D eigenvalue weighted by atomic mass is 16.5. The maximum Gasteiger partial charge on any atom is 0.260 e. The summed E-state index contributed by atoms with van der Waals surface area (Å²) in [5.74, 6) is 0.788. The summed E-state index contributed by atoms with van der Waals surface area (Å²) in [5.41, 5.74) is 6.83. The summed E-state index contributed by atoms with van der Waals surface area (Å²) >= 11 is 0. The Morgan fingerprint density at radius 1 is 1.33 bits per heavy atom. The van der Waals surface area contributed by atoms with Crippen LogP contribution in [0.15, 0.2) is 24.3 Å². The van der Waals surface area contributed by atoms with E-state index in [1.165, 1.54) is 0 Å². The zero-order chi connectivity index (χ0) is 13.0. The first-order valence-electron chi connectivity index (χ1n) is 6.43. The number of hydrogen-bond acceptors (Lipinski definition) is 3. The number of hydrogen-bond donors (Lipinski definition) is 1. The number of benzene rings is 1. The van der Waals surface area contributed by atoms with E-state index in [1.807, 2.05) is 36.1 Å². The standard InChI is InChI=1S/C14H20N2O2/c1-11(15)12-4-6-13(7-5-12)18-10-14(17)16-8-2-3-9-16/h4-7,11H,2-3,8-10,15H2,1H3. The van der Waals surface area contributed by atoms with Crippen LogP contribution in [-0.4, -0.2) is 30.5 Å².